The molecule has 1 aromatic carbocycles. The quantitative estimate of drug-likeness (QED) is 0.771. The molecular weight excluding hydrogens is 374 g/mol. The second-order valence-corrected chi connectivity index (χ2v) is 9.78. The number of hydrogen-bond donors (Lipinski definition) is 1. The molecule has 150 valence electrons. The maximum Gasteiger partial charge on any atom is 0.321 e. The van der Waals surface area contributed by atoms with E-state index in [9.17, 15) is 9.59 Å². The van der Waals surface area contributed by atoms with E-state index in [1.54, 1.807) is 33.7 Å². The third-order valence-electron chi connectivity index (χ3n) is 4.45. The Labute approximate surface area is 170 Å². The van der Waals surface area contributed by atoms with Gasteiger partial charge in [-0.1, -0.05) is 20.8 Å². The van der Waals surface area contributed by atoms with E-state index in [4.69, 9.17) is 4.42 Å². The number of carbonyl (C=O) groups excluding carboxylic acids is 2. The average Bonchev–Trinajstić information content (AvgIpc) is 3.17. The number of benzene rings is 1. The van der Waals surface area contributed by atoms with Crippen molar-refractivity contribution < 1.29 is 14.0 Å². The molecule has 6 nitrogen and oxygen atoms in total. The minimum atomic E-state index is -0.135. The van der Waals surface area contributed by atoms with Crippen molar-refractivity contribution in [2.45, 2.75) is 37.3 Å². The summed E-state index contributed by atoms with van der Waals surface area (Å²) in [6.45, 7) is 10.5. The molecule has 0 saturated carbocycles. The molecule has 0 atom stereocenters. The first-order chi connectivity index (χ1) is 13.2. The molecule has 3 rings (SSSR count). The standard InChI is InChI=1S/C21H27N3O3S/c1-15-14-16(28-21(2,3)4)7-8-17(15)22-20(26)24-11-9-23(10-12-24)19(25)18-6-5-13-27-18/h5-8,13-14H,9-12H2,1-4H3,(H,22,26). The van der Waals surface area contributed by atoms with Gasteiger partial charge in [-0.3, -0.25) is 4.79 Å². The number of piperazine rings is 1. The molecule has 1 aliphatic heterocycles. The number of nitrogens with one attached hydrogen (secondary N) is 1. The van der Waals surface area contributed by atoms with Crippen LogP contribution in [0, 0.1) is 6.92 Å². The fourth-order valence-electron chi connectivity index (χ4n) is 3.06. The fourth-order valence-corrected chi connectivity index (χ4v) is 4.14. The van der Waals surface area contributed by atoms with E-state index >= 15 is 0 Å². The van der Waals surface area contributed by atoms with Crippen LogP contribution in [-0.4, -0.2) is 52.7 Å². The maximum absolute atomic E-state index is 12.6. The summed E-state index contributed by atoms with van der Waals surface area (Å²) >= 11 is 1.80. The van der Waals surface area contributed by atoms with Crippen LogP contribution in [0.25, 0.3) is 0 Å². The van der Waals surface area contributed by atoms with Gasteiger partial charge in [-0.15, -0.1) is 11.8 Å². The number of hydrogen-bond acceptors (Lipinski definition) is 4. The topological polar surface area (TPSA) is 65.8 Å². The number of anilines is 1. The van der Waals surface area contributed by atoms with E-state index < -0.39 is 0 Å². The van der Waals surface area contributed by atoms with Gasteiger partial charge in [-0.25, -0.2) is 4.79 Å². The van der Waals surface area contributed by atoms with Gasteiger partial charge in [0.1, 0.15) is 0 Å². The Morgan fingerprint density at radius 1 is 1.07 bits per heavy atom. The van der Waals surface area contributed by atoms with E-state index in [-0.39, 0.29) is 16.7 Å². The van der Waals surface area contributed by atoms with Gasteiger partial charge in [0, 0.05) is 41.5 Å². The van der Waals surface area contributed by atoms with Crippen molar-refractivity contribution in [3.05, 3.63) is 47.9 Å². The summed E-state index contributed by atoms with van der Waals surface area (Å²) < 4.78 is 5.31. The molecule has 7 heteroatoms. The first-order valence-electron chi connectivity index (χ1n) is 9.41. The number of rotatable bonds is 3. The average molecular weight is 402 g/mol. The summed E-state index contributed by atoms with van der Waals surface area (Å²) in [5, 5.41) is 3.00. The number of amides is 3. The number of nitrogens with zero attached hydrogens (tertiary/aromatic N) is 2. The molecule has 0 radical (unpaired) electrons. The lowest BCUT2D eigenvalue weighted by atomic mass is 10.2. The number of furan rings is 1. The zero-order valence-electron chi connectivity index (χ0n) is 16.8. The molecule has 1 N–H and O–H groups in total. The highest BCUT2D eigenvalue weighted by Gasteiger charge is 2.26. The lowest BCUT2D eigenvalue weighted by Gasteiger charge is -2.34. The first-order valence-corrected chi connectivity index (χ1v) is 10.2. The van der Waals surface area contributed by atoms with E-state index in [2.05, 4.69) is 32.2 Å². The zero-order chi connectivity index (χ0) is 20.3. The van der Waals surface area contributed by atoms with Gasteiger partial charge >= 0.3 is 6.03 Å². The van der Waals surface area contributed by atoms with Crippen molar-refractivity contribution in [1.29, 1.82) is 0 Å². The van der Waals surface area contributed by atoms with Gasteiger partial charge < -0.3 is 19.5 Å². The SMILES string of the molecule is Cc1cc(SC(C)(C)C)ccc1NC(=O)N1CCN(C(=O)c2ccco2)CC1. The molecule has 0 unspecified atom stereocenters. The summed E-state index contributed by atoms with van der Waals surface area (Å²) in [6.07, 6.45) is 1.49. The molecule has 0 aliphatic carbocycles. The maximum atomic E-state index is 12.6. The number of thioether (sulfide) groups is 1. The van der Waals surface area contributed by atoms with Crippen molar-refractivity contribution in [3.63, 3.8) is 0 Å². The van der Waals surface area contributed by atoms with Gasteiger partial charge in [-0.05, 0) is 42.8 Å². The van der Waals surface area contributed by atoms with Crippen molar-refractivity contribution in [2.75, 3.05) is 31.5 Å². The predicted octanol–water partition coefficient (Wildman–Crippen LogP) is 4.47. The molecule has 1 saturated heterocycles. The molecule has 1 aromatic heterocycles. The van der Waals surface area contributed by atoms with Gasteiger partial charge in [0.15, 0.2) is 5.76 Å². The summed E-state index contributed by atoms with van der Waals surface area (Å²) in [5.41, 5.74) is 1.85. The molecule has 1 fully saturated rings. The van der Waals surface area contributed by atoms with Crippen molar-refractivity contribution in [2.24, 2.45) is 0 Å². The van der Waals surface area contributed by atoms with Crippen LogP contribution in [0.1, 0.15) is 36.9 Å². The smallest absolute Gasteiger partial charge is 0.321 e. The highest BCUT2D eigenvalue weighted by atomic mass is 32.2. The second-order valence-electron chi connectivity index (χ2n) is 7.88. The largest absolute Gasteiger partial charge is 0.459 e. The molecule has 3 amide bonds. The van der Waals surface area contributed by atoms with E-state index in [1.165, 1.54) is 11.2 Å². The highest BCUT2D eigenvalue weighted by molar-refractivity contribution is 8.00. The molecule has 1 aliphatic rings. The number of urea groups is 1. The Morgan fingerprint density at radius 3 is 2.32 bits per heavy atom. The van der Waals surface area contributed by atoms with Crippen LogP contribution in [0.2, 0.25) is 0 Å². The highest BCUT2D eigenvalue weighted by Crippen LogP contribution is 2.33. The van der Waals surface area contributed by atoms with E-state index in [0.717, 1.165) is 11.3 Å². The summed E-state index contributed by atoms with van der Waals surface area (Å²) in [4.78, 5) is 29.6. The summed E-state index contributed by atoms with van der Waals surface area (Å²) in [7, 11) is 0. The third kappa shape index (κ3) is 5.10. The molecule has 0 bridgehead atoms. The third-order valence-corrected chi connectivity index (χ3v) is 5.55. The van der Waals surface area contributed by atoms with E-state index in [1.807, 2.05) is 19.1 Å². The van der Waals surface area contributed by atoms with Crippen molar-refractivity contribution >= 4 is 29.4 Å². The van der Waals surface area contributed by atoms with Crippen LogP contribution in [0.5, 0.6) is 0 Å². The van der Waals surface area contributed by atoms with Gasteiger partial charge in [0.05, 0.1) is 6.26 Å². The Hall–Kier alpha value is -2.41. The van der Waals surface area contributed by atoms with Crippen LogP contribution in [0.15, 0.2) is 45.9 Å². The summed E-state index contributed by atoms with van der Waals surface area (Å²) in [6, 6.07) is 9.32. The normalized spacial score (nSPS) is 14.9. The minimum Gasteiger partial charge on any atom is -0.459 e. The second kappa shape index (κ2) is 8.31. The Balaban J connectivity index is 1.55. The molecule has 28 heavy (non-hydrogen) atoms. The fraction of sp³-hybridized carbons (Fsp3) is 0.429. The lowest BCUT2D eigenvalue weighted by Crippen LogP contribution is -2.51. The van der Waals surface area contributed by atoms with Crippen LogP contribution in [0.3, 0.4) is 0 Å². The Bertz CT molecular complexity index is 835. The first kappa shape index (κ1) is 20.3. The van der Waals surface area contributed by atoms with Crippen molar-refractivity contribution in [3.8, 4) is 0 Å². The molecule has 2 heterocycles. The van der Waals surface area contributed by atoms with Crippen molar-refractivity contribution in [1.82, 2.24) is 9.80 Å². The molecule has 2 aromatic rings. The van der Waals surface area contributed by atoms with E-state index in [0.29, 0.717) is 31.9 Å². The minimum absolute atomic E-state index is 0.132. The van der Waals surface area contributed by atoms with Crippen LogP contribution in [0.4, 0.5) is 10.5 Å². The summed E-state index contributed by atoms with van der Waals surface area (Å²) in [5.74, 6) is 0.203. The van der Waals surface area contributed by atoms with Crippen LogP contribution < -0.4 is 5.32 Å². The van der Waals surface area contributed by atoms with Gasteiger partial charge in [-0.2, -0.15) is 0 Å². The van der Waals surface area contributed by atoms with Gasteiger partial charge in [0.25, 0.3) is 5.91 Å². The zero-order valence-corrected chi connectivity index (χ0v) is 17.6. The Kier molecular flexibility index (Phi) is 6.03. The predicted molar refractivity (Wildman–Crippen MR) is 112 cm³/mol. The molecular formula is C21H27N3O3S. The Morgan fingerprint density at radius 2 is 1.75 bits per heavy atom. The van der Waals surface area contributed by atoms with Crippen LogP contribution >= 0.6 is 11.8 Å². The van der Waals surface area contributed by atoms with Gasteiger partial charge in [0.2, 0.25) is 0 Å². The number of aryl methyl sites for hydroxylation is 1. The molecule has 0 spiro atoms. The number of carbonyl (C=O) groups is 2. The lowest BCUT2D eigenvalue weighted by molar-refractivity contribution is 0.0640. The van der Waals surface area contributed by atoms with Crippen LogP contribution in [-0.2, 0) is 0 Å². The monoisotopic (exact) mass is 401 g/mol.